The van der Waals surface area contributed by atoms with Crippen LogP contribution in [0.5, 0.6) is 5.75 Å². The van der Waals surface area contributed by atoms with Gasteiger partial charge in [0.1, 0.15) is 17.1 Å². The van der Waals surface area contributed by atoms with Crippen LogP contribution in [0.3, 0.4) is 0 Å². The van der Waals surface area contributed by atoms with Gasteiger partial charge in [-0.25, -0.2) is 0 Å². The molecule has 3 aromatic rings. The Hall–Kier alpha value is -2.33. The average molecular weight is 268 g/mol. The van der Waals surface area contributed by atoms with Crippen LogP contribution in [0.25, 0.3) is 11.0 Å². The van der Waals surface area contributed by atoms with Crippen LogP contribution in [0, 0.1) is 0 Å². The highest BCUT2D eigenvalue weighted by Gasteiger charge is 2.11. The van der Waals surface area contributed by atoms with E-state index in [2.05, 4.69) is 23.3 Å². The number of benzene rings is 1. The lowest BCUT2D eigenvalue weighted by Crippen LogP contribution is -2.18. The molecule has 1 atom stereocenters. The standard InChI is InChI=1S/C16H16N2O2/c1-11(17-9-13-6-7-14(19)10-18-13)16-8-12-4-2-3-5-15(12)20-16/h2-8,10-11,17,19H,9H2,1H3. The van der Waals surface area contributed by atoms with E-state index < -0.39 is 0 Å². The summed E-state index contributed by atoms with van der Waals surface area (Å²) in [6, 6.07) is 13.6. The van der Waals surface area contributed by atoms with Gasteiger partial charge in [0, 0.05) is 11.9 Å². The van der Waals surface area contributed by atoms with E-state index in [1.165, 1.54) is 6.20 Å². The van der Waals surface area contributed by atoms with Crippen LogP contribution >= 0.6 is 0 Å². The van der Waals surface area contributed by atoms with Crippen LogP contribution < -0.4 is 5.32 Å². The Morgan fingerprint density at radius 2 is 2.10 bits per heavy atom. The minimum Gasteiger partial charge on any atom is -0.506 e. The summed E-state index contributed by atoms with van der Waals surface area (Å²) in [6.07, 6.45) is 1.45. The third-order valence-corrected chi connectivity index (χ3v) is 3.27. The van der Waals surface area contributed by atoms with E-state index in [-0.39, 0.29) is 11.8 Å². The zero-order chi connectivity index (χ0) is 13.9. The van der Waals surface area contributed by atoms with Crippen molar-refractivity contribution in [3.63, 3.8) is 0 Å². The molecule has 2 N–H and O–H groups in total. The summed E-state index contributed by atoms with van der Waals surface area (Å²) in [5.41, 5.74) is 1.78. The minimum absolute atomic E-state index is 0.0954. The molecule has 0 aliphatic heterocycles. The third-order valence-electron chi connectivity index (χ3n) is 3.27. The monoisotopic (exact) mass is 268 g/mol. The molecule has 0 spiro atoms. The first kappa shape index (κ1) is 12.7. The van der Waals surface area contributed by atoms with Crippen molar-refractivity contribution in [3.8, 4) is 5.75 Å². The van der Waals surface area contributed by atoms with Gasteiger partial charge in [-0.05, 0) is 31.2 Å². The van der Waals surface area contributed by atoms with Crippen molar-refractivity contribution < 1.29 is 9.52 Å². The molecule has 1 aromatic carbocycles. The smallest absolute Gasteiger partial charge is 0.134 e. The maximum atomic E-state index is 9.19. The highest BCUT2D eigenvalue weighted by molar-refractivity contribution is 5.77. The summed E-state index contributed by atoms with van der Waals surface area (Å²) >= 11 is 0. The highest BCUT2D eigenvalue weighted by Crippen LogP contribution is 2.23. The van der Waals surface area contributed by atoms with E-state index in [9.17, 15) is 5.11 Å². The Balaban J connectivity index is 1.69. The van der Waals surface area contributed by atoms with Crippen molar-refractivity contribution in [2.45, 2.75) is 19.5 Å². The number of nitrogens with zero attached hydrogens (tertiary/aromatic N) is 1. The summed E-state index contributed by atoms with van der Waals surface area (Å²) in [5.74, 6) is 1.09. The van der Waals surface area contributed by atoms with Crippen LogP contribution in [0.15, 0.2) is 53.1 Å². The van der Waals surface area contributed by atoms with Crippen molar-refractivity contribution in [3.05, 3.63) is 60.1 Å². The van der Waals surface area contributed by atoms with Gasteiger partial charge >= 0.3 is 0 Å². The average Bonchev–Trinajstić information content (AvgIpc) is 2.90. The molecule has 0 fully saturated rings. The Morgan fingerprint density at radius 1 is 1.25 bits per heavy atom. The van der Waals surface area contributed by atoms with Crippen LogP contribution in [0.1, 0.15) is 24.4 Å². The second-order valence-corrected chi connectivity index (χ2v) is 4.80. The van der Waals surface area contributed by atoms with Crippen molar-refractivity contribution in [2.75, 3.05) is 0 Å². The molecule has 1 unspecified atom stereocenters. The quantitative estimate of drug-likeness (QED) is 0.761. The Bertz CT molecular complexity index is 671. The summed E-state index contributed by atoms with van der Waals surface area (Å²) in [5, 5.41) is 13.7. The van der Waals surface area contributed by atoms with Crippen LogP contribution in [0.4, 0.5) is 0 Å². The first-order chi connectivity index (χ1) is 9.72. The zero-order valence-corrected chi connectivity index (χ0v) is 11.2. The molecule has 2 heterocycles. The van der Waals surface area contributed by atoms with Gasteiger partial charge in [-0.15, -0.1) is 0 Å². The number of aromatic nitrogens is 1. The molecular weight excluding hydrogens is 252 g/mol. The molecule has 0 saturated carbocycles. The maximum Gasteiger partial charge on any atom is 0.134 e. The molecule has 0 saturated heterocycles. The Labute approximate surface area is 117 Å². The van der Waals surface area contributed by atoms with Crippen molar-refractivity contribution >= 4 is 11.0 Å². The first-order valence-electron chi connectivity index (χ1n) is 6.58. The van der Waals surface area contributed by atoms with E-state index in [0.717, 1.165) is 22.4 Å². The fraction of sp³-hybridized carbons (Fsp3) is 0.188. The fourth-order valence-electron chi connectivity index (χ4n) is 2.10. The Kier molecular flexibility index (Phi) is 3.39. The number of aromatic hydroxyl groups is 1. The molecule has 3 rings (SSSR count). The van der Waals surface area contributed by atoms with Crippen molar-refractivity contribution in [2.24, 2.45) is 0 Å². The van der Waals surface area contributed by atoms with Crippen LogP contribution in [-0.2, 0) is 6.54 Å². The molecule has 4 nitrogen and oxygen atoms in total. The van der Waals surface area contributed by atoms with Gasteiger partial charge < -0.3 is 14.8 Å². The molecule has 20 heavy (non-hydrogen) atoms. The van der Waals surface area contributed by atoms with Gasteiger partial charge in [-0.2, -0.15) is 0 Å². The van der Waals surface area contributed by atoms with Gasteiger partial charge in [-0.1, -0.05) is 18.2 Å². The van der Waals surface area contributed by atoms with Crippen LogP contribution in [0.2, 0.25) is 0 Å². The number of furan rings is 1. The van der Waals surface area contributed by atoms with Crippen molar-refractivity contribution in [1.29, 1.82) is 0 Å². The molecule has 2 aromatic heterocycles. The lowest BCUT2D eigenvalue weighted by molar-refractivity contribution is 0.447. The topological polar surface area (TPSA) is 58.3 Å². The van der Waals surface area contributed by atoms with Crippen molar-refractivity contribution in [1.82, 2.24) is 10.3 Å². The second kappa shape index (κ2) is 5.35. The predicted molar refractivity (Wildman–Crippen MR) is 77.4 cm³/mol. The summed E-state index contributed by atoms with van der Waals surface area (Å²) in [6.45, 7) is 2.68. The molecule has 0 aliphatic rings. The second-order valence-electron chi connectivity index (χ2n) is 4.80. The molecule has 0 bridgehead atoms. The predicted octanol–water partition coefficient (Wildman–Crippen LogP) is 3.38. The number of hydrogen-bond acceptors (Lipinski definition) is 4. The van der Waals surface area contributed by atoms with E-state index >= 15 is 0 Å². The van der Waals surface area contributed by atoms with Gasteiger partial charge in [0.05, 0.1) is 17.9 Å². The molecular formula is C16H16N2O2. The molecule has 4 heteroatoms. The number of para-hydroxylation sites is 1. The SMILES string of the molecule is CC(NCc1ccc(O)cn1)c1cc2ccccc2o1. The van der Waals surface area contributed by atoms with Gasteiger partial charge in [0.15, 0.2) is 0 Å². The first-order valence-corrected chi connectivity index (χ1v) is 6.58. The summed E-state index contributed by atoms with van der Waals surface area (Å²) in [4.78, 5) is 4.14. The van der Waals surface area contributed by atoms with Gasteiger partial charge in [-0.3, -0.25) is 4.98 Å². The molecule has 0 amide bonds. The number of nitrogens with one attached hydrogen (secondary N) is 1. The summed E-state index contributed by atoms with van der Waals surface area (Å²) in [7, 11) is 0. The maximum absolute atomic E-state index is 9.19. The summed E-state index contributed by atoms with van der Waals surface area (Å²) < 4.78 is 5.81. The normalized spacial score (nSPS) is 12.7. The molecule has 0 aliphatic carbocycles. The number of rotatable bonds is 4. The number of pyridine rings is 1. The van der Waals surface area contributed by atoms with E-state index in [4.69, 9.17) is 4.42 Å². The lowest BCUT2D eigenvalue weighted by Gasteiger charge is -2.10. The lowest BCUT2D eigenvalue weighted by atomic mass is 10.2. The van der Waals surface area contributed by atoms with Crippen LogP contribution in [-0.4, -0.2) is 10.1 Å². The number of fused-ring (bicyclic) bond motifs is 1. The van der Waals surface area contributed by atoms with Gasteiger partial charge in [0.25, 0.3) is 0 Å². The van der Waals surface area contributed by atoms with E-state index in [0.29, 0.717) is 6.54 Å². The highest BCUT2D eigenvalue weighted by atomic mass is 16.3. The van der Waals surface area contributed by atoms with Gasteiger partial charge in [0.2, 0.25) is 0 Å². The fourth-order valence-corrected chi connectivity index (χ4v) is 2.10. The largest absolute Gasteiger partial charge is 0.506 e. The Morgan fingerprint density at radius 3 is 2.85 bits per heavy atom. The minimum atomic E-state index is 0.0954. The number of hydrogen-bond donors (Lipinski definition) is 2. The molecule has 102 valence electrons. The molecule has 0 radical (unpaired) electrons. The third kappa shape index (κ3) is 2.65. The van der Waals surface area contributed by atoms with E-state index in [1.54, 1.807) is 12.1 Å². The van der Waals surface area contributed by atoms with E-state index in [1.807, 2.05) is 24.3 Å². The zero-order valence-electron chi connectivity index (χ0n) is 11.2.